The van der Waals surface area contributed by atoms with Gasteiger partial charge in [0.15, 0.2) is 5.96 Å². The Morgan fingerprint density at radius 3 is 2.69 bits per heavy atom. The van der Waals surface area contributed by atoms with Gasteiger partial charge in [0, 0.05) is 51.6 Å². The van der Waals surface area contributed by atoms with Gasteiger partial charge in [-0.15, -0.1) is 24.0 Å². The van der Waals surface area contributed by atoms with Gasteiger partial charge in [0.25, 0.3) is 0 Å². The molecule has 0 amide bonds. The second-order valence-electron chi connectivity index (χ2n) is 7.28. The van der Waals surface area contributed by atoms with E-state index >= 15 is 0 Å². The highest BCUT2D eigenvalue weighted by Gasteiger charge is 2.23. The van der Waals surface area contributed by atoms with Crippen LogP contribution in [0.4, 0.5) is 5.69 Å². The van der Waals surface area contributed by atoms with Crippen LogP contribution in [0.25, 0.3) is 0 Å². The largest absolute Gasteiger partial charge is 0.381 e. The summed E-state index contributed by atoms with van der Waals surface area (Å²) in [5, 5.41) is 6.95. The molecule has 0 bridgehead atoms. The third-order valence-electron chi connectivity index (χ3n) is 4.96. The summed E-state index contributed by atoms with van der Waals surface area (Å²) in [5.41, 5.74) is 2.62. The number of anilines is 1. The lowest BCUT2D eigenvalue weighted by molar-refractivity contribution is 0.123. The maximum absolute atomic E-state index is 5.67. The van der Waals surface area contributed by atoms with Crippen molar-refractivity contribution in [3.05, 3.63) is 29.8 Å². The molecule has 1 heterocycles. The van der Waals surface area contributed by atoms with E-state index in [4.69, 9.17) is 4.74 Å². The molecule has 0 radical (unpaired) electrons. The molecule has 1 saturated carbocycles. The maximum atomic E-state index is 5.67. The van der Waals surface area contributed by atoms with Crippen LogP contribution in [0.15, 0.2) is 29.3 Å². The molecule has 1 atom stereocenters. The van der Waals surface area contributed by atoms with Crippen LogP contribution in [-0.2, 0) is 4.74 Å². The van der Waals surface area contributed by atoms with Crippen molar-refractivity contribution in [1.82, 2.24) is 10.6 Å². The predicted molar refractivity (Wildman–Crippen MR) is 120 cm³/mol. The third kappa shape index (κ3) is 6.95. The Labute approximate surface area is 175 Å². The Kier molecular flexibility index (Phi) is 8.98. The molecule has 1 aromatic rings. The molecule has 3 rings (SSSR count). The predicted octanol–water partition coefficient (Wildman–Crippen LogP) is 3.17. The molecular weight excluding hydrogens is 439 g/mol. The number of halogens is 1. The van der Waals surface area contributed by atoms with Crippen molar-refractivity contribution in [2.45, 2.75) is 38.6 Å². The van der Waals surface area contributed by atoms with Crippen molar-refractivity contribution in [1.29, 1.82) is 0 Å². The van der Waals surface area contributed by atoms with E-state index in [0.29, 0.717) is 6.04 Å². The normalized spacial score (nSPS) is 20.0. The van der Waals surface area contributed by atoms with Crippen molar-refractivity contribution in [3.8, 4) is 0 Å². The van der Waals surface area contributed by atoms with Crippen molar-refractivity contribution in [2.24, 2.45) is 10.9 Å². The average molecular weight is 472 g/mol. The minimum atomic E-state index is 0. The van der Waals surface area contributed by atoms with E-state index in [9.17, 15) is 0 Å². The van der Waals surface area contributed by atoms with Crippen LogP contribution in [0.2, 0.25) is 0 Å². The second-order valence-corrected chi connectivity index (χ2v) is 7.28. The molecule has 0 aromatic heterocycles. The maximum Gasteiger partial charge on any atom is 0.191 e. The van der Waals surface area contributed by atoms with Crippen LogP contribution >= 0.6 is 24.0 Å². The summed E-state index contributed by atoms with van der Waals surface area (Å²) >= 11 is 0. The minimum absolute atomic E-state index is 0. The summed E-state index contributed by atoms with van der Waals surface area (Å²) in [5.74, 6) is 1.75. The summed E-state index contributed by atoms with van der Waals surface area (Å²) < 4.78 is 5.67. The lowest BCUT2D eigenvalue weighted by atomic mass is 10.2. The highest BCUT2D eigenvalue weighted by atomic mass is 127. The zero-order chi connectivity index (χ0) is 17.5. The van der Waals surface area contributed by atoms with E-state index < -0.39 is 0 Å². The van der Waals surface area contributed by atoms with E-state index in [1.807, 2.05) is 7.05 Å². The highest BCUT2D eigenvalue weighted by molar-refractivity contribution is 14.0. The van der Waals surface area contributed by atoms with Crippen molar-refractivity contribution < 1.29 is 4.74 Å². The molecule has 2 aliphatic rings. The molecule has 0 spiro atoms. The average Bonchev–Trinajstić information content (AvgIpc) is 3.34. The summed E-state index contributed by atoms with van der Waals surface area (Å²) in [6, 6.07) is 9.24. The van der Waals surface area contributed by atoms with Crippen LogP contribution in [0.3, 0.4) is 0 Å². The van der Waals surface area contributed by atoms with Gasteiger partial charge < -0.3 is 20.3 Å². The monoisotopic (exact) mass is 472 g/mol. The number of hydrogen-bond acceptors (Lipinski definition) is 3. The fourth-order valence-corrected chi connectivity index (χ4v) is 3.17. The number of aliphatic imine (C=N–C) groups is 1. The highest BCUT2D eigenvalue weighted by Crippen LogP contribution is 2.28. The van der Waals surface area contributed by atoms with Gasteiger partial charge >= 0.3 is 0 Å². The first-order valence-electron chi connectivity index (χ1n) is 9.61. The Bertz CT molecular complexity index is 559. The first-order chi connectivity index (χ1) is 12.2. The molecule has 146 valence electrons. The molecule has 6 heteroatoms. The number of hydrogen-bond donors (Lipinski definition) is 2. The number of guanidine groups is 1. The number of rotatable bonds is 8. The molecule has 5 nitrogen and oxygen atoms in total. The zero-order valence-corrected chi connectivity index (χ0v) is 18.4. The molecule has 1 unspecified atom stereocenters. The number of nitrogens with zero attached hydrogens (tertiary/aromatic N) is 2. The Hall–Kier alpha value is -1.02. The molecule has 1 aliphatic carbocycles. The molecule has 2 fully saturated rings. The topological polar surface area (TPSA) is 48.9 Å². The van der Waals surface area contributed by atoms with Gasteiger partial charge in [-0.1, -0.05) is 17.7 Å². The molecule has 1 aromatic carbocycles. The van der Waals surface area contributed by atoms with E-state index in [1.54, 1.807) is 0 Å². The van der Waals surface area contributed by atoms with Crippen molar-refractivity contribution in [3.63, 3.8) is 0 Å². The van der Waals surface area contributed by atoms with E-state index in [0.717, 1.165) is 57.6 Å². The van der Waals surface area contributed by atoms with Crippen molar-refractivity contribution in [2.75, 3.05) is 44.8 Å². The van der Waals surface area contributed by atoms with Crippen LogP contribution in [0.5, 0.6) is 0 Å². The summed E-state index contributed by atoms with van der Waals surface area (Å²) in [4.78, 5) is 6.79. The van der Waals surface area contributed by atoms with E-state index in [2.05, 4.69) is 51.7 Å². The van der Waals surface area contributed by atoms with Crippen LogP contribution < -0.4 is 15.5 Å². The number of benzene rings is 1. The van der Waals surface area contributed by atoms with Gasteiger partial charge in [-0.2, -0.15) is 0 Å². The van der Waals surface area contributed by atoms with E-state index in [1.165, 1.54) is 24.1 Å². The van der Waals surface area contributed by atoms with Gasteiger partial charge in [0.2, 0.25) is 0 Å². The van der Waals surface area contributed by atoms with Gasteiger partial charge in [0.1, 0.15) is 0 Å². The van der Waals surface area contributed by atoms with E-state index in [-0.39, 0.29) is 24.0 Å². The summed E-state index contributed by atoms with van der Waals surface area (Å²) in [6.07, 6.45) is 4.87. The van der Waals surface area contributed by atoms with Crippen molar-refractivity contribution >= 4 is 35.6 Å². The minimum Gasteiger partial charge on any atom is -0.381 e. The Morgan fingerprint density at radius 1 is 1.23 bits per heavy atom. The lowest BCUT2D eigenvalue weighted by Crippen LogP contribution is -2.45. The molecule has 2 N–H and O–H groups in total. The number of ether oxygens (including phenoxy) is 1. The number of aryl methyl sites for hydroxylation is 1. The quantitative estimate of drug-likeness (QED) is 0.264. The van der Waals surface area contributed by atoms with Gasteiger partial charge in [0.05, 0.1) is 0 Å². The molecule has 1 aliphatic heterocycles. The zero-order valence-electron chi connectivity index (χ0n) is 16.0. The Morgan fingerprint density at radius 2 is 2.00 bits per heavy atom. The van der Waals surface area contributed by atoms with Gasteiger partial charge in [-0.3, -0.25) is 4.99 Å². The fraction of sp³-hybridized carbons (Fsp3) is 0.650. The Balaban J connectivity index is 0.00000243. The molecule has 1 saturated heterocycles. The fourth-order valence-electron chi connectivity index (χ4n) is 3.17. The van der Waals surface area contributed by atoms with Crippen LogP contribution in [0.1, 0.15) is 31.2 Å². The standard InChI is InChI=1S/C20H32N4O.HI/c1-16-4-8-19(9-5-16)24-12-10-18(14-24)23-20(21-2)22-11-3-13-25-15-17-6-7-17;/h4-5,8-9,17-18H,3,6-7,10-15H2,1-2H3,(H2,21,22,23);1H. The molecular formula is C20H33IN4O. The SMILES string of the molecule is CN=C(NCCCOCC1CC1)NC1CCN(c2ccc(C)cc2)C1.I. The van der Waals surface area contributed by atoms with Crippen LogP contribution in [0, 0.1) is 12.8 Å². The lowest BCUT2D eigenvalue weighted by Gasteiger charge is -2.20. The van der Waals surface area contributed by atoms with Crippen LogP contribution in [-0.4, -0.2) is 51.9 Å². The van der Waals surface area contributed by atoms with Gasteiger partial charge in [-0.05, 0) is 50.7 Å². The first kappa shape index (κ1) is 21.3. The summed E-state index contributed by atoms with van der Waals surface area (Å²) in [6.45, 7) is 6.93. The second kappa shape index (κ2) is 11.0. The first-order valence-corrected chi connectivity index (χ1v) is 9.61. The van der Waals surface area contributed by atoms with Gasteiger partial charge in [-0.25, -0.2) is 0 Å². The smallest absolute Gasteiger partial charge is 0.191 e. The summed E-state index contributed by atoms with van der Waals surface area (Å²) in [7, 11) is 1.84. The number of nitrogens with one attached hydrogen (secondary N) is 2. The molecule has 26 heavy (non-hydrogen) atoms. The third-order valence-corrected chi connectivity index (χ3v) is 4.96.